The van der Waals surface area contributed by atoms with Crippen molar-refractivity contribution in [1.29, 1.82) is 0 Å². The van der Waals surface area contributed by atoms with Crippen molar-refractivity contribution in [2.75, 3.05) is 18.4 Å². The fourth-order valence-electron chi connectivity index (χ4n) is 2.01. The van der Waals surface area contributed by atoms with Crippen molar-refractivity contribution < 1.29 is 4.79 Å². The van der Waals surface area contributed by atoms with Gasteiger partial charge in [0.25, 0.3) is 0 Å². The summed E-state index contributed by atoms with van der Waals surface area (Å²) in [5.41, 5.74) is 0.828. The number of hydrogen-bond acceptors (Lipinski definition) is 3. The standard InChI is InChI=1S/C13H19N3O/c1-10-3-4-11(15-9-10)16-12(17)13(2)5-7-14-8-6-13/h3-4,9,14H,5-8H2,1-2H3,(H,15,16,17). The van der Waals surface area contributed by atoms with E-state index in [-0.39, 0.29) is 11.3 Å². The van der Waals surface area contributed by atoms with Crippen molar-refractivity contribution in [2.24, 2.45) is 5.41 Å². The van der Waals surface area contributed by atoms with Crippen LogP contribution in [0.3, 0.4) is 0 Å². The number of pyridine rings is 1. The Morgan fingerprint density at radius 2 is 2.12 bits per heavy atom. The molecule has 0 bridgehead atoms. The Balaban J connectivity index is 2.03. The maximum absolute atomic E-state index is 12.2. The van der Waals surface area contributed by atoms with Gasteiger partial charge in [0.15, 0.2) is 0 Å². The highest BCUT2D eigenvalue weighted by molar-refractivity contribution is 5.94. The van der Waals surface area contributed by atoms with E-state index in [1.807, 2.05) is 26.0 Å². The Kier molecular flexibility index (Phi) is 3.43. The van der Waals surface area contributed by atoms with Crippen molar-refractivity contribution >= 4 is 11.7 Å². The minimum atomic E-state index is -0.266. The van der Waals surface area contributed by atoms with Crippen molar-refractivity contribution in [3.63, 3.8) is 0 Å². The molecule has 2 N–H and O–H groups in total. The first-order valence-corrected chi connectivity index (χ1v) is 6.05. The summed E-state index contributed by atoms with van der Waals surface area (Å²) in [4.78, 5) is 16.4. The molecular weight excluding hydrogens is 214 g/mol. The second-order valence-electron chi connectivity index (χ2n) is 4.99. The predicted molar refractivity (Wildman–Crippen MR) is 67.8 cm³/mol. The van der Waals surface area contributed by atoms with E-state index in [0.717, 1.165) is 31.5 Å². The Bertz CT molecular complexity index is 394. The minimum Gasteiger partial charge on any atom is -0.317 e. The van der Waals surface area contributed by atoms with Crippen LogP contribution in [0.25, 0.3) is 0 Å². The third-order valence-electron chi connectivity index (χ3n) is 3.41. The summed E-state index contributed by atoms with van der Waals surface area (Å²) in [5.74, 6) is 0.718. The van der Waals surface area contributed by atoms with Crippen LogP contribution in [0.2, 0.25) is 0 Å². The number of carbonyl (C=O) groups excluding carboxylic acids is 1. The zero-order valence-corrected chi connectivity index (χ0v) is 10.4. The lowest BCUT2D eigenvalue weighted by molar-refractivity contribution is -0.126. The third-order valence-corrected chi connectivity index (χ3v) is 3.41. The predicted octanol–water partition coefficient (Wildman–Crippen LogP) is 1.72. The summed E-state index contributed by atoms with van der Waals surface area (Å²) in [6, 6.07) is 3.80. The largest absolute Gasteiger partial charge is 0.317 e. The van der Waals surface area contributed by atoms with Gasteiger partial charge in [-0.05, 0) is 44.5 Å². The molecule has 0 aromatic carbocycles. The lowest BCUT2D eigenvalue weighted by Gasteiger charge is -2.32. The molecule has 2 heterocycles. The van der Waals surface area contributed by atoms with Gasteiger partial charge in [0.2, 0.25) is 5.91 Å². The van der Waals surface area contributed by atoms with Crippen LogP contribution in [0.5, 0.6) is 0 Å². The van der Waals surface area contributed by atoms with Crippen molar-refractivity contribution in [2.45, 2.75) is 26.7 Å². The maximum atomic E-state index is 12.2. The number of rotatable bonds is 2. The molecular formula is C13H19N3O. The van der Waals surface area contributed by atoms with Crippen LogP contribution in [0.4, 0.5) is 5.82 Å². The molecule has 1 fully saturated rings. The van der Waals surface area contributed by atoms with E-state index >= 15 is 0 Å². The fraction of sp³-hybridized carbons (Fsp3) is 0.538. The smallest absolute Gasteiger partial charge is 0.231 e. The summed E-state index contributed by atoms with van der Waals surface area (Å²) in [6.07, 6.45) is 3.52. The molecule has 0 atom stereocenters. The first-order valence-electron chi connectivity index (χ1n) is 6.05. The molecule has 17 heavy (non-hydrogen) atoms. The van der Waals surface area contributed by atoms with Gasteiger partial charge < -0.3 is 10.6 Å². The number of aromatic nitrogens is 1. The van der Waals surface area contributed by atoms with Crippen molar-refractivity contribution in [3.8, 4) is 0 Å². The minimum absolute atomic E-state index is 0.0790. The average Bonchev–Trinajstić information content (AvgIpc) is 2.33. The highest BCUT2D eigenvalue weighted by atomic mass is 16.2. The third kappa shape index (κ3) is 2.82. The van der Waals surface area contributed by atoms with E-state index in [9.17, 15) is 4.79 Å². The average molecular weight is 233 g/mol. The Labute approximate surface area is 102 Å². The number of nitrogens with zero attached hydrogens (tertiary/aromatic N) is 1. The summed E-state index contributed by atoms with van der Waals surface area (Å²) in [5, 5.41) is 6.17. The number of aryl methyl sites for hydroxylation is 1. The molecule has 4 heteroatoms. The van der Waals surface area contributed by atoms with Crippen LogP contribution >= 0.6 is 0 Å². The molecule has 1 aromatic heterocycles. The summed E-state index contributed by atoms with van der Waals surface area (Å²) < 4.78 is 0. The number of anilines is 1. The normalized spacial score (nSPS) is 18.7. The molecule has 0 aliphatic carbocycles. The van der Waals surface area contributed by atoms with Crippen LogP contribution in [0.15, 0.2) is 18.3 Å². The van der Waals surface area contributed by atoms with Gasteiger partial charge in [-0.2, -0.15) is 0 Å². The fourth-order valence-corrected chi connectivity index (χ4v) is 2.01. The molecule has 1 aromatic rings. The number of carbonyl (C=O) groups is 1. The van der Waals surface area contributed by atoms with Crippen molar-refractivity contribution in [3.05, 3.63) is 23.9 Å². The van der Waals surface area contributed by atoms with Gasteiger partial charge in [0.05, 0.1) is 0 Å². The van der Waals surface area contributed by atoms with Gasteiger partial charge >= 0.3 is 0 Å². The molecule has 0 radical (unpaired) electrons. The van der Waals surface area contributed by atoms with Gasteiger partial charge in [-0.1, -0.05) is 13.0 Å². The lowest BCUT2D eigenvalue weighted by atomic mass is 9.80. The van der Waals surface area contributed by atoms with Gasteiger partial charge in [-0.3, -0.25) is 4.79 Å². The maximum Gasteiger partial charge on any atom is 0.231 e. The molecule has 0 saturated carbocycles. The van der Waals surface area contributed by atoms with Crippen molar-refractivity contribution in [1.82, 2.24) is 10.3 Å². The topological polar surface area (TPSA) is 54.0 Å². The quantitative estimate of drug-likeness (QED) is 0.817. The Morgan fingerprint density at radius 3 is 2.71 bits per heavy atom. The van der Waals surface area contributed by atoms with E-state index in [1.54, 1.807) is 6.20 Å². The molecule has 1 aliphatic heterocycles. The van der Waals surface area contributed by atoms with Crippen LogP contribution in [0, 0.1) is 12.3 Å². The first-order chi connectivity index (χ1) is 8.10. The van der Waals surface area contributed by atoms with Gasteiger partial charge in [-0.25, -0.2) is 4.98 Å². The molecule has 2 rings (SSSR count). The van der Waals surface area contributed by atoms with E-state index < -0.39 is 0 Å². The summed E-state index contributed by atoms with van der Waals surface area (Å²) in [7, 11) is 0. The number of nitrogens with one attached hydrogen (secondary N) is 2. The van der Waals surface area contributed by atoms with Crippen LogP contribution < -0.4 is 10.6 Å². The highest BCUT2D eigenvalue weighted by Gasteiger charge is 2.34. The van der Waals surface area contributed by atoms with E-state index in [2.05, 4.69) is 15.6 Å². The molecule has 1 amide bonds. The van der Waals surface area contributed by atoms with Gasteiger partial charge in [-0.15, -0.1) is 0 Å². The summed E-state index contributed by atoms with van der Waals surface area (Å²) >= 11 is 0. The number of hydrogen-bond donors (Lipinski definition) is 2. The van der Waals surface area contributed by atoms with E-state index in [0.29, 0.717) is 5.82 Å². The molecule has 1 aliphatic rings. The molecule has 0 unspecified atom stereocenters. The van der Waals surface area contributed by atoms with Gasteiger partial charge in [0, 0.05) is 11.6 Å². The molecule has 4 nitrogen and oxygen atoms in total. The first kappa shape index (κ1) is 12.0. The summed E-state index contributed by atoms with van der Waals surface area (Å²) in [6.45, 7) is 5.82. The van der Waals surface area contributed by atoms with Crippen LogP contribution in [0.1, 0.15) is 25.3 Å². The van der Waals surface area contributed by atoms with E-state index in [4.69, 9.17) is 0 Å². The van der Waals surface area contributed by atoms with E-state index in [1.165, 1.54) is 0 Å². The zero-order chi connectivity index (χ0) is 12.3. The molecule has 1 saturated heterocycles. The van der Waals surface area contributed by atoms with Gasteiger partial charge in [0.1, 0.15) is 5.82 Å². The molecule has 0 spiro atoms. The number of amides is 1. The monoisotopic (exact) mass is 233 g/mol. The van der Waals surface area contributed by atoms with Crippen LogP contribution in [-0.4, -0.2) is 24.0 Å². The second-order valence-corrected chi connectivity index (χ2v) is 4.99. The molecule has 92 valence electrons. The van der Waals surface area contributed by atoms with Crippen LogP contribution in [-0.2, 0) is 4.79 Å². The highest BCUT2D eigenvalue weighted by Crippen LogP contribution is 2.29. The lowest BCUT2D eigenvalue weighted by Crippen LogP contribution is -2.42. The number of piperidine rings is 1. The second kappa shape index (κ2) is 4.84. The Hall–Kier alpha value is -1.42. The SMILES string of the molecule is Cc1ccc(NC(=O)C2(C)CCNCC2)nc1. The Morgan fingerprint density at radius 1 is 1.41 bits per heavy atom. The zero-order valence-electron chi connectivity index (χ0n) is 10.4.